The minimum Gasteiger partial charge on any atom is -0.392 e. The molecule has 4 N–H and O–H groups in total. The number of rotatable bonds is 6. The molecule has 0 saturated heterocycles. The van der Waals surface area contributed by atoms with E-state index in [-0.39, 0.29) is 0 Å². The molecule has 0 aromatic rings. The molecule has 0 saturated carbocycles. The minimum atomic E-state index is -1.60. The third-order valence-corrected chi connectivity index (χ3v) is 1.64. The molecule has 0 unspecified atom stereocenters. The van der Waals surface area contributed by atoms with E-state index in [1.807, 2.05) is 0 Å². The van der Waals surface area contributed by atoms with Gasteiger partial charge in [0.2, 0.25) is 11.8 Å². The molecule has 0 radical (unpaired) electrons. The summed E-state index contributed by atoms with van der Waals surface area (Å²) in [6, 6.07) is 0. The SMILES string of the molecule is C=CC(=O)NC(CO)(CO)NC(=O)C=C. The highest BCUT2D eigenvalue weighted by Gasteiger charge is 2.31. The van der Waals surface area contributed by atoms with Gasteiger partial charge in [-0.2, -0.15) is 0 Å². The molecule has 84 valence electrons. The van der Waals surface area contributed by atoms with Gasteiger partial charge in [-0.25, -0.2) is 0 Å². The summed E-state index contributed by atoms with van der Waals surface area (Å²) >= 11 is 0. The van der Waals surface area contributed by atoms with Gasteiger partial charge >= 0.3 is 0 Å². The average Bonchev–Trinajstić information content (AvgIpc) is 2.27. The van der Waals surface area contributed by atoms with Crippen LogP contribution in [0.25, 0.3) is 0 Å². The van der Waals surface area contributed by atoms with Gasteiger partial charge in [-0.05, 0) is 12.2 Å². The molecule has 0 fully saturated rings. The van der Waals surface area contributed by atoms with Crippen LogP contribution in [0.5, 0.6) is 0 Å². The van der Waals surface area contributed by atoms with Crippen LogP contribution in [0, 0.1) is 0 Å². The van der Waals surface area contributed by atoms with E-state index >= 15 is 0 Å². The van der Waals surface area contributed by atoms with Crippen LogP contribution in [0.4, 0.5) is 0 Å². The summed E-state index contributed by atoms with van der Waals surface area (Å²) in [5, 5.41) is 22.4. The Labute approximate surface area is 87.3 Å². The smallest absolute Gasteiger partial charge is 0.245 e. The monoisotopic (exact) mass is 214 g/mol. The van der Waals surface area contributed by atoms with Gasteiger partial charge in [-0.3, -0.25) is 9.59 Å². The molecule has 0 aliphatic carbocycles. The highest BCUT2D eigenvalue weighted by Crippen LogP contribution is 1.98. The number of hydrogen-bond donors (Lipinski definition) is 4. The van der Waals surface area contributed by atoms with Crippen LogP contribution >= 0.6 is 0 Å². The molecular weight excluding hydrogens is 200 g/mol. The Morgan fingerprint density at radius 1 is 1.07 bits per heavy atom. The van der Waals surface area contributed by atoms with Crippen LogP contribution in [0.1, 0.15) is 0 Å². The Bertz CT molecular complexity index is 247. The summed E-state index contributed by atoms with van der Waals surface area (Å²) in [6.45, 7) is 5.11. The Kier molecular flexibility index (Phi) is 5.29. The lowest BCUT2D eigenvalue weighted by molar-refractivity contribution is -0.124. The van der Waals surface area contributed by atoms with Gasteiger partial charge in [0.05, 0.1) is 13.2 Å². The molecule has 0 aliphatic heterocycles. The summed E-state index contributed by atoms with van der Waals surface area (Å²) in [7, 11) is 0. The molecule has 0 heterocycles. The summed E-state index contributed by atoms with van der Waals surface area (Å²) in [4.78, 5) is 22.0. The zero-order chi connectivity index (χ0) is 11.9. The molecule has 15 heavy (non-hydrogen) atoms. The molecule has 0 aromatic heterocycles. The molecule has 0 rings (SSSR count). The number of amides is 2. The lowest BCUT2D eigenvalue weighted by Gasteiger charge is -2.30. The van der Waals surface area contributed by atoms with E-state index in [4.69, 9.17) is 10.2 Å². The quantitative estimate of drug-likeness (QED) is 0.312. The van der Waals surface area contributed by atoms with Gasteiger partial charge in [-0.1, -0.05) is 13.2 Å². The first-order valence-electron chi connectivity index (χ1n) is 4.14. The van der Waals surface area contributed by atoms with Crippen LogP contribution in [0.3, 0.4) is 0 Å². The van der Waals surface area contributed by atoms with Crippen molar-refractivity contribution in [2.75, 3.05) is 13.2 Å². The van der Waals surface area contributed by atoms with Crippen molar-refractivity contribution in [1.29, 1.82) is 0 Å². The number of hydrogen-bond acceptors (Lipinski definition) is 4. The number of carbonyl (C=O) groups excluding carboxylic acids is 2. The largest absolute Gasteiger partial charge is 0.392 e. The van der Waals surface area contributed by atoms with Crippen molar-refractivity contribution in [3.63, 3.8) is 0 Å². The Morgan fingerprint density at radius 3 is 1.60 bits per heavy atom. The Balaban J connectivity index is 4.70. The van der Waals surface area contributed by atoms with E-state index in [9.17, 15) is 9.59 Å². The second kappa shape index (κ2) is 5.94. The second-order valence-electron chi connectivity index (χ2n) is 2.79. The minimum absolute atomic E-state index is 0.623. The number of carbonyl (C=O) groups is 2. The summed E-state index contributed by atoms with van der Waals surface area (Å²) in [6.07, 6.45) is 1.92. The maximum absolute atomic E-state index is 11.0. The van der Waals surface area contributed by atoms with E-state index in [1.54, 1.807) is 0 Å². The van der Waals surface area contributed by atoms with Crippen LogP contribution in [0.2, 0.25) is 0 Å². The standard InChI is InChI=1S/C9H14N2O4/c1-3-7(14)10-9(5-12,6-13)11-8(15)4-2/h3-4,12-13H,1-2,5-6H2,(H,10,14)(H,11,15). The summed E-state index contributed by atoms with van der Waals surface area (Å²) in [5.74, 6) is -1.25. The first-order chi connectivity index (χ1) is 7.03. The fraction of sp³-hybridized carbons (Fsp3) is 0.333. The fourth-order valence-corrected chi connectivity index (χ4v) is 0.813. The maximum Gasteiger partial charge on any atom is 0.245 e. The predicted octanol–water partition coefficient (Wildman–Crippen LogP) is -1.73. The molecule has 0 atom stereocenters. The van der Waals surface area contributed by atoms with Crippen molar-refractivity contribution in [3.05, 3.63) is 25.3 Å². The van der Waals surface area contributed by atoms with Crippen molar-refractivity contribution in [2.45, 2.75) is 5.66 Å². The van der Waals surface area contributed by atoms with Crippen molar-refractivity contribution in [2.24, 2.45) is 0 Å². The van der Waals surface area contributed by atoms with E-state index in [0.717, 1.165) is 12.2 Å². The molecule has 0 aliphatic rings. The first kappa shape index (κ1) is 13.3. The molecule has 0 aromatic carbocycles. The topological polar surface area (TPSA) is 98.7 Å². The van der Waals surface area contributed by atoms with Gasteiger partial charge in [0.15, 0.2) is 5.66 Å². The van der Waals surface area contributed by atoms with Crippen LogP contribution < -0.4 is 10.6 Å². The third-order valence-electron chi connectivity index (χ3n) is 1.64. The van der Waals surface area contributed by atoms with E-state index in [0.29, 0.717) is 0 Å². The van der Waals surface area contributed by atoms with Gasteiger partial charge in [0.25, 0.3) is 0 Å². The van der Waals surface area contributed by atoms with Crippen molar-refractivity contribution < 1.29 is 19.8 Å². The first-order valence-corrected chi connectivity index (χ1v) is 4.14. The molecule has 0 spiro atoms. The normalized spacial score (nSPS) is 10.3. The molecular formula is C9H14N2O4. The lowest BCUT2D eigenvalue weighted by Crippen LogP contribution is -2.65. The summed E-state index contributed by atoms with van der Waals surface area (Å²) in [5.41, 5.74) is -1.60. The highest BCUT2D eigenvalue weighted by atomic mass is 16.3. The number of nitrogens with one attached hydrogen (secondary N) is 2. The average molecular weight is 214 g/mol. The van der Waals surface area contributed by atoms with Gasteiger partial charge < -0.3 is 20.8 Å². The predicted molar refractivity (Wildman–Crippen MR) is 53.6 cm³/mol. The van der Waals surface area contributed by atoms with E-state index in [1.165, 1.54) is 0 Å². The van der Waals surface area contributed by atoms with Gasteiger partial charge in [-0.15, -0.1) is 0 Å². The third kappa shape index (κ3) is 3.92. The van der Waals surface area contributed by atoms with Gasteiger partial charge in [0.1, 0.15) is 0 Å². The van der Waals surface area contributed by atoms with E-state index < -0.39 is 30.7 Å². The Hall–Kier alpha value is -1.66. The number of aliphatic hydroxyl groups is 2. The molecule has 0 bridgehead atoms. The lowest BCUT2D eigenvalue weighted by atomic mass is 10.2. The zero-order valence-corrected chi connectivity index (χ0v) is 8.19. The van der Waals surface area contributed by atoms with Crippen molar-refractivity contribution in [1.82, 2.24) is 10.6 Å². The fourth-order valence-electron chi connectivity index (χ4n) is 0.813. The number of aliphatic hydroxyl groups excluding tert-OH is 2. The maximum atomic E-state index is 11.0. The Morgan fingerprint density at radius 2 is 1.40 bits per heavy atom. The molecule has 6 nitrogen and oxygen atoms in total. The van der Waals surface area contributed by atoms with Crippen LogP contribution in [-0.4, -0.2) is 40.9 Å². The van der Waals surface area contributed by atoms with Gasteiger partial charge in [0, 0.05) is 0 Å². The summed E-state index contributed by atoms with van der Waals surface area (Å²) < 4.78 is 0. The highest BCUT2D eigenvalue weighted by molar-refractivity contribution is 5.90. The second-order valence-corrected chi connectivity index (χ2v) is 2.79. The van der Waals surface area contributed by atoms with Crippen LogP contribution in [0.15, 0.2) is 25.3 Å². The van der Waals surface area contributed by atoms with Crippen molar-refractivity contribution in [3.8, 4) is 0 Å². The molecule has 6 heteroatoms. The molecule has 2 amide bonds. The van der Waals surface area contributed by atoms with Crippen LogP contribution in [-0.2, 0) is 9.59 Å². The van der Waals surface area contributed by atoms with E-state index in [2.05, 4.69) is 23.8 Å². The van der Waals surface area contributed by atoms with Crippen molar-refractivity contribution >= 4 is 11.8 Å². The zero-order valence-electron chi connectivity index (χ0n) is 8.19.